The van der Waals surface area contributed by atoms with E-state index in [1.807, 2.05) is 66.7 Å². The van der Waals surface area contributed by atoms with Crippen LogP contribution >= 0.6 is 0 Å². The van der Waals surface area contributed by atoms with Gasteiger partial charge in [-0.3, -0.25) is 9.78 Å². The summed E-state index contributed by atoms with van der Waals surface area (Å²) in [5, 5.41) is 11.0. The summed E-state index contributed by atoms with van der Waals surface area (Å²) in [6.07, 6.45) is 0. The largest absolute Gasteiger partial charge is 0.379 e. The maximum absolute atomic E-state index is 13.5. The van der Waals surface area contributed by atoms with Crippen molar-refractivity contribution in [3.8, 4) is 22.5 Å². The summed E-state index contributed by atoms with van der Waals surface area (Å²) < 4.78 is 0. The Morgan fingerprint density at radius 1 is 0.541 bits per heavy atom. The Morgan fingerprint density at radius 2 is 1.14 bits per heavy atom. The predicted molar refractivity (Wildman–Crippen MR) is 150 cm³/mol. The van der Waals surface area contributed by atoms with Gasteiger partial charge in [0.05, 0.1) is 29.3 Å². The molecule has 1 aliphatic heterocycles. The third-order valence-corrected chi connectivity index (χ3v) is 6.87. The van der Waals surface area contributed by atoms with Crippen molar-refractivity contribution < 1.29 is 4.79 Å². The molecule has 4 aromatic carbocycles. The number of hydrogen-bond donors (Lipinski definition) is 2. The second-order valence-corrected chi connectivity index (χ2v) is 9.15. The van der Waals surface area contributed by atoms with E-state index >= 15 is 0 Å². The smallest absolute Gasteiger partial charge is 0.274 e. The van der Waals surface area contributed by atoms with Crippen molar-refractivity contribution in [1.29, 1.82) is 0 Å². The molecule has 0 fully saturated rings. The monoisotopic (exact) mass is 478 g/mol. The second kappa shape index (κ2) is 8.57. The SMILES string of the molecule is O=C1Nc2ccc3ccccc3c2-c2cccc(n2)CNc2ccc3ccccc3c2-c2cccc1n2. The minimum absolute atomic E-state index is 0.263. The number of rotatable bonds is 0. The topological polar surface area (TPSA) is 66.9 Å². The lowest BCUT2D eigenvalue weighted by atomic mass is 9.98. The normalized spacial score (nSPS) is 12.7. The molecule has 4 bridgehead atoms. The molecule has 6 aromatic rings. The van der Waals surface area contributed by atoms with Crippen LogP contribution in [-0.4, -0.2) is 15.9 Å². The summed E-state index contributed by atoms with van der Waals surface area (Å²) in [5.41, 5.74) is 6.32. The van der Waals surface area contributed by atoms with Crippen LogP contribution in [0.4, 0.5) is 11.4 Å². The Balaban J connectivity index is 1.48. The predicted octanol–water partition coefficient (Wildman–Crippen LogP) is 7.29. The molecule has 0 radical (unpaired) electrons. The van der Waals surface area contributed by atoms with Crippen LogP contribution in [0, 0.1) is 0 Å². The average Bonchev–Trinajstić information content (AvgIpc) is 2.95. The van der Waals surface area contributed by atoms with Gasteiger partial charge >= 0.3 is 0 Å². The van der Waals surface area contributed by atoms with Crippen molar-refractivity contribution in [2.75, 3.05) is 10.6 Å². The highest BCUT2D eigenvalue weighted by atomic mass is 16.1. The van der Waals surface area contributed by atoms with Crippen molar-refractivity contribution in [3.63, 3.8) is 0 Å². The minimum atomic E-state index is -0.263. The quantitative estimate of drug-likeness (QED) is 0.240. The number of hydrogen-bond acceptors (Lipinski definition) is 4. The van der Waals surface area contributed by atoms with Crippen LogP contribution < -0.4 is 10.6 Å². The van der Waals surface area contributed by atoms with E-state index in [2.05, 4.69) is 47.0 Å². The highest BCUT2D eigenvalue weighted by molar-refractivity contribution is 6.10. The molecule has 0 saturated heterocycles. The van der Waals surface area contributed by atoms with E-state index in [1.165, 1.54) is 0 Å². The van der Waals surface area contributed by atoms with Gasteiger partial charge in [0.15, 0.2) is 0 Å². The molecule has 0 atom stereocenters. The van der Waals surface area contributed by atoms with E-state index in [0.29, 0.717) is 17.9 Å². The van der Waals surface area contributed by atoms with Crippen molar-refractivity contribution in [3.05, 3.63) is 121 Å². The highest BCUT2D eigenvalue weighted by Crippen LogP contribution is 2.37. The van der Waals surface area contributed by atoms with Crippen molar-refractivity contribution >= 4 is 38.8 Å². The molecule has 0 aliphatic carbocycles. The summed E-state index contributed by atoms with van der Waals surface area (Å²) in [7, 11) is 0. The molecule has 3 heterocycles. The van der Waals surface area contributed by atoms with E-state index in [0.717, 1.165) is 55.4 Å². The Hall–Kier alpha value is -5.03. The first-order valence-corrected chi connectivity index (χ1v) is 12.3. The number of anilines is 2. The molecule has 0 saturated carbocycles. The van der Waals surface area contributed by atoms with Gasteiger partial charge in [-0.15, -0.1) is 0 Å². The van der Waals surface area contributed by atoms with Crippen molar-refractivity contribution in [2.24, 2.45) is 0 Å². The molecule has 0 spiro atoms. The van der Waals surface area contributed by atoms with Crippen LogP contribution in [0.2, 0.25) is 0 Å². The van der Waals surface area contributed by atoms with Crippen LogP contribution in [0.15, 0.2) is 109 Å². The minimum Gasteiger partial charge on any atom is -0.379 e. The van der Waals surface area contributed by atoms with Crippen LogP contribution in [0.1, 0.15) is 16.2 Å². The number of carbonyl (C=O) groups is 1. The molecule has 37 heavy (non-hydrogen) atoms. The molecule has 5 nitrogen and oxygen atoms in total. The number of amides is 1. The third kappa shape index (κ3) is 3.69. The second-order valence-electron chi connectivity index (χ2n) is 9.15. The molecule has 176 valence electrons. The summed E-state index contributed by atoms with van der Waals surface area (Å²) in [6.45, 7) is 0.547. The van der Waals surface area contributed by atoms with Gasteiger partial charge in [0.2, 0.25) is 0 Å². The fraction of sp³-hybridized carbons (Fsp3) is 0.0312. The van der Waals surface area contributed by atoms with E-state index in [-0.39, 0.29) is 5.91 Å². The van der Waals surface area contributed by atoms with Gasteiger partial charge in [0, 0.05) is 16.8 Å². The Labute approximate surface area is 213 Å². The van der Waals surface area contributed by atoms with Gasteiger partial charge in [-0.1, -0.05) is 72.8 Å². The number of carbonyl (C=O) groups excluding carboxylic acids is 1. The molecule has 1 amide bonds. The first kappa shape index (κ1) is 21.3. The standard InChI is InChI=1S/C32H22N4O/c37-32-29-14-6-13-27(35-29)30-23-10-3-1-7-20(23)15-17-25(30)33-19-22-9-5-12-26(34-22)31-24-11-4-2-8-21(24)16-18-28(31)36-32/h1-18,33H,19H2,(H,36,37). The maximum atomic E-state index is 13.5. The Morgan fingerprint density at radius 3 is 1.89 bits per heavy atom. The zero-order valence-electron chi connectivity index (χ0n) is 19.9. The fourth-order valence-electron chi connectivity index (χ4n) is 5.14. The number of benzene rings is 4. The van der Waals surface area contributed by atoms with E-state index < -0.39 is 0 Å². The van der Waals surface area contributed by atoms with Crippen molar-refractivity contribution in [1.82, 2.24) is 9.97 Å². The van der Waals surface area contributed by atoms with Gasteiger partial charge in [-0.25, -0.2) is 4.98 Å². The lowest BCUT2D eigenvalue weighted by Crippen LogP contribution is -2.15. The Bertz CT molecular complexity index is 1840. The number of nitrogens with zero attached hydrogens (tertiary/aromatic N) is 2. The maximum Gasteiger partial charge on any atom is 0.274 e. The van der Waals surface area contributed by atoms with Crippen LogP contribution in [0.3, 0.4) is 0 Å². The fourth-order valence-corrected chi connectivity index (χ4v) is 5.14. The van der Waals surface area contributed by atoms with Gasteiger partial charge in [-0.05, 0) is 57.9 Å². The molecule has 7 rings (SSSR count). The van der Waals surface area contributed by atoms with E-state index in [9.17, 15) is 4.79 Å². The third-order valence-electron chi connectivity index (χ3n) is 6.87. The van der Waals surface area contributed by atoms with Gasteiger partial charge in [-0.2, -0.15) is 0 Å². The van der Waals surface area contributed by atoms with Crippen LogP contribution in [0.5, 0.6) is 0 Å². The molecule has 0 unspecified atom stereocenters. The van der Waals surface area contributed by atoms with Crippen LogP contribution in [-0.2, 0) is 6.54 Å². The van der Waals surface area contributed by atoms with Gasteiger partial charge in [0.25, 0.3) is 5.91 Å². The number of fused-ring (bicyclic) bond motifs is 12. The molecule has 2 aromatic heterocycles. The molecule has 5 heteroatoms. The van der Waals surface area contributed by atoms with Crippen LogP contribution in [0.25, 0.3) is 44.1 Å². The average molecular weight is 479 g/mol. The zero-order valence-corrected chi connectivity index (χ0v) is 19.9. The summed E-state index contributed by atoms with van der Waals surface area (Å²) in [5.74, 6) is -0.263. The Kier molecular flexibility index (Phi) is 4.93. The number of aromatic nitrogens is 2. The molecular formula is C32H22N4O. The number of pyridine rings is 2. The first-order chi connectivity index (χ1) is 18.2. The number of nitrogens with one attached hydrogen (secondary N) is 2. The molecule has 2 N–H and O–H groups in total. The summed E-state index contributed by atoms with van der Waals surface area (Å²) >= 11 is 0. The van der Waals surface area contributed by atoms with E-state index in [4.69, 9.17) is 9.97 Å². The molecule has 1 aliphatic rings. The van der Waals surface area contributed by atoms with Crippen molar-refractivity contribution in [2.45, 2.75) is 6.54 Å². The highest BCUT2D eigenvalue weighted by Gasteiger charge is 2.19. The summed E-state index contributed by atoms with van der Waals surface area (Å²) in [6, 6.07) is 36.2. The van der Waals surface area contributed by atoms with E-state index in [1.54, 1.807) is 6.07 Å². The van der Waals surface area contributed by atoms with Gasteiger partial charge < -0.3 is 10.6 Å². The lowest BCUT2D eigenvalue weighted by Gasteiger charge is -2.18. The lowest BCUT2D eigenvalue weighted by molar-refractivity contribution is 0.102. The summed E-state index contributed by atoms with van der Waals surface area (Å²) in [4.78, 5) is 23.4. The zero-order chi connectivity index (χ0) is 24.8. The molecular weight excluding hydrogens is 456 g/mol. The van der Waals surface area contributed by atoms with Gasteiger partial charge in [0.1, 0.15) is 5.69 Å². The first-order valence-electron chi connectivity index (χ1n) is 12.3.